The minimum atomic E-state index is -0.340. The number of esters is 1. The smallest absolute Gasteiger partial charge is 0.338 e. The van der Waals surface area contributed by atoms with Crippen LogP contribution >= 0.6 is 24.0 Å². The van der Waals surface area contributed by atoms with E-state index in [0.29, 0.717) is 10.6 Å². The standard InChI is InChI=1S/C19H20ClNO3.ClH/c20-18-7-5-15(6-8-18)19(22)24-14-17-4-2-1-3-16(17)13-21-9-11-23-12-10-21;/h1-8H,9-14H2;1H. The third-order valence-corrected chi connectivity index (χ3v) is 4.31. The highest BCUT2D eigenvalue weighted by atomic mass is 35.5. The van der Waals surface area contributed by atoms with Crippen LogP contribution in [0.1, 0.15) is 21.5 Å². The van der Waals surface area contributed by atoms with Gasteiger partial charge in [0.25, 0.3) is 0 Å². The van der Waals surface area contributed by atoms with E-state index in [9.17, 15) is 4.79 Å². The van der Waals surface area contributed by atoms with Crippen molar-refractivity contribution in [3.8, 4) is 0 Å². The third kappa shape index (κ3) is 5.72. The minimum absolute atomic E-state index is 0. The van der Waals surface area contributed by atoms with Gasteiger partial charge in [0.05, 0.1) is 18.8 Å². The first kappa shape index (κ1) is 19.7. The second-order valence-electron chi connectivity index (χ2n) is 5.74. The van der Waals surface area contributed by atoms with Crippen molar-refractivity contribution in [2.45, 2.75) is 13.2 Å². The van der Waals surface area contributed by atoms with Crippen LogP contribution in [0.4, 0.5) is 0 Å². The number of hydrogen-bond acceptors (Lipinski definition) is 4. The Morgan fingerprint density at radius 3 is 2.36 bits per heavy atom. The molecule has 1 fully saturated rings. The maximum atomic E-state index is 12.1. The molecule has 25 heavy (non-hydrogen) atoms. The zero-order chi connectivity index (χ0) is 16.8. The lowest BCUT2D eigenvalue weighted by Gasteiger charge is -2.27. The van der Waals surface area contributed by atoms with E-state index in [0.717, 1.165) is 38.4 Å². The van der Waals surface area contributed by atoms with E-state index < -0.39 is 0 Å². The van der Waals surface area contributed by atoms with Gasteiger partial charge >= 0.3 is 5.97 Å². The molecule has 2 aromatic carbocycles. The SMILES string of the molecule is Cl.O=C(OCc1ccccc1CN1CCOCC1)c1ccc(Cl)cc1. The lowest BCUT2D eigenvalue weighted by molar-refractivity contribution is 0.0335. The van der Waals surface area contributed by atoms with Crippen LogP contribution in [0, 0.1) is 0 Å². The van der Waals surface area contributed by atoms with Gasteiger partial charge in [0.1, 0.15) is 6.61 Å². The van der Waals surface area contributed by atoms with Crippen molar-refractivity contribution >= 4 is 30.0 Å². The number of carbonyl (C=O) groups excluding carboxylic acids is 1. The molecule has 0 aliphatic carbocycles. The van der Waals surface area contributed by atoms with E-state index in [1.165, 1.54) is 5.56 Å². The number of hydrogen-bond donors (Lipinski definition) is 0. The second kappa shape index (κ2) is 9.78. The van der Waals surface area contributed by atoms with Gasteiger partial charge in [0, 0.05) is 24.7 Å². The fourth-order valence-electron chi connectivity index (χ4n) is 2.67. The molecule has 0 amide bonds. The molecule has 1 aliphatic rings. The normalized spacial score (nSPS) is 14.6. The molecule has 0 atom stereocenters. The quantitative estimate of drug-likeness (QED) is 0.734. The van der Waals surface area contributed by atoms with E-state index in [-0.39, 0.29) is 25.0 Å². The highest BCUT2D eigenvalue weighted by molar-refractivity contribution is 6.30. The molecule has 0 N–H and O–H groups in total. The number of rotatable bonds is 5. The van der Waals surface area contributed by atoms with Crippen LogP contribution in [0.25, 0.3) is 0 Å². The van der Waals surface area contributed by atoms with Crippen molar-refractivity contribution in [2.24, 2.45) is 0 Å². The summed E-state index contributed by atoms with van der Waals surface area (Å²) in [5.41, 5.74) is 2.72. The number of halogens is 2. The van der Waals surface area contributed by atoms with Crippen molar-refractivity contribution in [1.82, 2.24) is 4.90 Å². The number of ether oxygens (including phenoxy) is 2. The second-order valence-corrected chi connectivity index (χ2v) is 6.18. The van der Waals surface area contributed by atoms with Crippen LogP contribution in [0.15, 0.2) is 48.5 Å². The monoisotopic (exact) mass is 381 g/mol. The van der Waals surface area contributed by atoms with Gasteiger partial charge in [0.15, 0.2) is 0 Å². The van der Waals surface area contributed by atoms with Gasteiger partial charge in [-0.15, -0.1) is 12.4 Å². The van der Waals surface area contributed by atoms with Crippen molar-refractivity contribution in [3.63, 3.8) is 0 Å². The van der Waals surface area contributed by atoms with E-state index in [2.05, 4.69) is 11.0 Å². The summed E-state index contributed by atoms with van der Waals surface area (Å²) in [5.74, 6) is -0.340. The van der Waals surface area contributed by atoms with Crippen LogP contribution in [0.3, 0.4) is 0 Å². The molecular weight excluding hydrogens is 361 g/mol. The van der Waals surface area contributed by atoms with E-state index in [1.807, 2.05) is 18.2 Å². The van der Waals surface area contributed by atoms with Gasteiger partial charge in [0.2, 0.25) is 0 Å². The first-order valence-corrected chi connectivity index (χ1v) is 8.40. The molecule has 0 aromatic heterocycles. The molecule has 2 aromatic rings. The largest absolute Gasteiger partial charge is 0.457 e. The molecule has 0 saturated carbocycles. The molecule has 6 heteroatoms. The van der Waals surface area contributed by atoms with E-state index in [1.54, 1.807) is 24.3 Å². The van der Waals surface area contributed by atoms with Crippen LogP contribution in [0.2, 0.25) is 5.02 Å². The molecule has 0 unspecified atom stereocenters. The molecule has 1 saturated heterocycles. The first-order valence-electron chi connectivity index (χ1n) is 8.02. The summed E-state index contributed by atoms with van der Waals surface area (Å²) >= 11 is 5.84. The number of carbonyl (C=O) groups is 1. The van der Waals surface area contributed by atoms with Crippen molar-refractivity contribution in [1.29, 1.82) is 0 Å². The predicted molar refractivity (Wildman–Crippen MR) is 100 cm³/mol. The van der Waals surface area contributed by atoms with Crippen molar-refractivity contribution in [2.75, 3.05) is 26.3 Å². The summed E-state index contributed by atoms with van der Waals surface area (Å²) in [6, 6.07) is 14.8. The fraction of sp³-hybridized carbons (Fsp3) is 0.316. The Morgan fingerprint density at radius 1 is 1.04 bits per heavy atom. The summed E-state index contributed by atoms with van der Waals surface area (Å²) in [6.07, 6.45) is 0. The Balaban J connectivity index is 0.00000225. The summed E-state index contributed by atoms with van der Waals surface area (Å²) < 4.78 is 10.8. The van der Waals surface area contributed by atoms with Gasteiger partial charge < -0.3 is 9.47 Å². The Bertz CT molecular complexity index is 685. The lowest BCUT2D eigenvalue weighted by atomic mass is 10.1. The molecule has 0 bridgehead atoms. The van der Waals surface area contributed by atoms with Crippen molar-refractivity contribution < 1.29 is 14.3 Å². The zero-order valence-electron chi connectivity index (χ0n) is 13.8. The molecule has 134 valence electrons. The van der Waals surface area contributed by atoms with Crippen LogP contribution in [-0.4, -0.2) is 37.2 Å². The minimum Gasteiger partial charge on any atom is -0.457 e. The molecule has 1 heterocycles. The molecule has 0 spiro atoms. The molecule has 3 rings (SSSR count). The topological polar surface area (TPSA) is 38.8 Å². The van der Waals surface area contributed by atoms with Gasteiger partial charge in [-0.3, -0.25) is 4.90 Å². The Labute approximate surface area is 159 Å². The number of morpholine rings is 1. The first-order chi connectivity index (χ1) is 11.7. The van der Waals surface area contributed by atoms with Crippen LogP contribution < -0.4 is 0 Å². The number of benzene rings is 2. The Hall–Kier alpha value is -1.59. The summed E-state index contributed by atoms with van der Waals surface area (Å²) in [5, 5.41) is 0.599. The molecule has 0 radical (unpaired) electrons. The summed E-state index contributed by atoms with van der Waals surface area (Å²) in [4.78, 5) is 14.5. The average Bonchev–Trinajstić information content (AvgIpc) is 2.62. The Kier molecular flexibility index (Phi) is 7.72. The van der Waals surface area contributed by atoms with Gasteiger partial charge in [-0.2, -0.15) is 0 Å². The highest BCUT2D eigenvalue weighted by Crippen LogP contribution is 2.16. The van der Waals surface area contributed by atoms with Gasteiger partial charge in [-0.25, -0.2) is 4.79 Å². The molecule has 4 nitrogen and oxygen atoms in total. The average molecular weight is 382 g/mol. The van der Waals surface area contributed by atoms with Gasteiger partial charge in [-0.05, 0) is 35.4 Å². The lowest BCUT2D eigenvalue weighted by Crippen LogP contribution is -2.35. The van der Waals surface area contributed by atoms with Crippen LogP contribution in [0.5, 0.6) is 0 Å². The summed E-state index contributed by atoms with van der Waals surface area (Å²) in [6.45, 7) is 4.51. The van der Waals surface area contributed by atoms with E-state index in [4.69, 9.17) is 21.1 Å². The zero-order valence-corrected chi connectivity index (χ0v) is 15.4. The number of nitrogens with zero attached hydrogens (tertiary/aromatic N) is 1. The molecule has 1 aliphatic heterocycles. The van der Waals surface area contributed by atoms with E-state index >= 15 is 0 Å². The molecular formula is C19H21Cl2NO3. The Morgan fingerprint density at radius 2 is 1.68 bits per heavy atom. The third-order valence-electron chi connectivity index (χ3n) is 4.05. The van der Waals surface area contributed by atoms with Crippen molar-refractivity contribution in [3.05, 3.63) is 70.2 Å². The maximum Gasteiger partial charge on any atom is 0.338 e. The fourth-order valence-corrected chi connectivity index (χ4v) is 2.79. The summed E-state index contributed by atoms with van der Waals surface area (Å²) in [7, 11) is 0. The highest BCUT2D eigenvalue weighted by Gasteiger charge is 2.14. The predicted octanol–water partition coefficient (Wildman–Crippen LogP) is 3.95. The van der Waals surface area contributed by atoms with Gasteiger partial charge in [-0.1, -0.05) is 35.9 Å². The van der Waals surface area contributed by atoms with Crippen LogP contribution in [-0.2, 0) is 22.6 Å². The maximum absolute atomic E-state index is 12.1.